The Kier molecular flexibility index (Phi) is 8.79. The van der Waals surface area contributed by atoms with E-state index in [-0.39, 0.29) is 23.1 Å². The number of likely N-dealkylation sites (tertiary alicyclic amines) is 1. The van der Waals surface area contributed by atoms with E-state index >= 15 is 0 Å². The summed E-state index contributed by atoms with van der Waals surface area (Å²) in [4.78, 5) is 19.5. The molecule has 2 N–H and O–H groups in total. The van der Waals surface area contributed by atoms with Crippen LogP contribution in [-0.4, -0.2) is 69.4 Å². The van der Waals surface area contributed by atoms with E-state index in [9.17, 15) is 13.2 Å². The van der Waals surface area contributed by atoms with Gasteiger partial charge in [-0.25, -0.2) is 8.42 Å². The third-order valence-electron chi connectivity index (χ3n) is 5.95. The van der Waals surface area contributed by atoms with Crippen molar-refractivity contribution in [2.24, 2.45) is 16.3 Å². The number of carbonyl (C=O) groups excluding carboxylic acids is 1. The number of hydrogen-bond donors (Lipinski definition) is 2. The first-order valence-electron chi connectivity index (χ1n) is 11.1. The van der Waals surface area contributed by atoms with E-state index < -0.39 is 9.84 Å². The van der Waals surface area contributed by atoms with Gasteiger partial charge >= 0.3 is 0 Å². The first-order valence-corrected chi connectivity index (χ1v) is 13.2. The normalized spacial score (nSPS) is 22.0. The van der Waals surface area contributed by atoms with Crippen LogP contribution in [0.3, 0.4) is 0 Å². The highest BCUT2D eigenvalue weighted by atomic mass is 32.2. The molecule has 1 amide bonds. The summed E-state index contributed by atoms with van der Waals surface area (Å²) in [6.07, 6.45) is 8.49. The van der Waals surface area contributed by atoms with Gasteiger partial charge in [0, 0.05) is 44.4 Å². The van der Waals surface area contributed by atoms with E-state index in [1.165, 1.54) is 25.5 Å². The maximum atomic E-state index is 12.8. The Balaban J connectivity index is 1.87. The van der Waals surface area contributed by atoms with Gasteiger partial charge in [-0.05, 0) is 38.0 Å². The summed E-state index contributed by atoms with van der Waals surface area (Å²) in [5.74, 6) is 1.48. The van der Waals surface area contributed by atoms with E-state index in [0.29, 0.717) is 18.9 Å². The number of rotatable bonds is 8. The first kappa shape index (κ1) is 24.0. The van der Waals surface area contributed by atoms with Gasteiger partial charge in [-0.1, -0.05) is 33.1 Å². The molecule has 2 rings (SSSR count). The summed E-state index contributed by atoms with van der Waals surface area (Å²) in [6, 6.07) is 0.208. The van der Waals surface area contributed by atoms with Crippen LogP contribution >= 0.6 is 0 Å². The van der Waals surface area contributed by atoms with E-state index in [1.807, 2.05) is 25.7 Å². The Labute approximate surface area is 177 Å². The number of hydrogen-bond acceptors (Lipinski definition) is 4. The van der Waals surface area contributed by atoms with Crippen molar-refractivity contribution in [3.8, 4) is 0 Å². The average molecular weight is 429 g/mol. The molecule has 2 fully saturated rings. The van der Waals surface area contributed by atoms with Gasteiger partial charge in [-0.2, -0.15) is 0 Å². The predicted molar refractivity (Wildman–Crippen MR) is 119 cm³/mol. The molecule has 1 saturated carbocycles. The summed E-state index contributed by atoms with van der Waals surface area (Å²) in [6.45, 7) is 8.97. The Morgan fingerprint density at radius 3 is 2.48 bits per heavy atom. The highest BCUT2D eigenvalue weighted by Crippen LogP contribution is 2.27. The zero-order valence-electron chi connectivity index (χ0n) is 18.7. The maximum Gasteiger partial charge on any atom is 0.225 e. The van der Waals surface area contributed by atoms with Crippen molar-refractivity contribution >= 4 is 21.7 Å². The molecule has 168 valence electrons. The minimum absolute atomic E-state index is 0.181. The molecule has 0 aromatic carbocycles. The minimum atomic E-state index is -2.97. The quantitative estimate of drug-likeness (QED) is 0.457. The molecule has 1 unspecified atom stereocenters. The smallest absolute Gasteiger partial charge is 0.225 e. The molecule has 0 radical (unpaired) electrons. The standard InChI is InChI=1S/C21H40N4O3S/c1-5-22-20(23-16-21(2,3)12-14-29(4,27)28)24-18-11-13-25(15-18)19(26)17-9-7-6-8-10-17/h17-18H,5-16H2,1-4H3,(H2,22,23,24). The van der Waals surface area contributed by atoms with Crippen LogP contribution in [-0.2, 0) is 14.6 Å². The molecule has 0 aromatic heterocycles. The van der Waals surface area contributed by atoms with Crippen LogP contribution in [0.1, 0.15) is 65.7 Å². The summed E-state index contributed by atoms with van der Waals surface area (Å²) in [5, 5.41) is 6.76. The van der Waals surface area contributed by atoms with Crippen molar-refractivity contribution in [2.75, 3.05) is 38.2 Å². The number of nitrogens with one attached hydrogen (secondary N) is 2. The molecule has 1 atom stereocenters. The summed E-state index contributed by atoms with van der Waals surface area (Å²) in [5.41, 5.74) is -0.190. The lowest BCUT2D eigenvalue weighted by atomic mass is 9.88. The molecule has 0 bridgehead atoms. The highest BCUT2D eigenvalue weighted by Gasteiger charge is 2.32. The number of amides is 1. The van der Waals surface area contributed by atoms with Crippen LogP contribution in [0.4, 0.5) is 0 Å². The summed E-state index contributed by atoms with van der Waals surface area (Å²) >= 11 is 0. The van der Waals surface area contributed by atoms with E-state index in [1.54, 1.807) is 0 Å². The van der Waals surface area contributed by atoms with Crippen LogP contribution in [0.25, 0.3) is 0 Å². The molecule has 1 heterocycles. The van der Waals surface area contributed by atoms with Gasteiger partial charge < -0.3 is 15.5 Å². The van der Waals surface area contributed by atoms with Crippen molar-refractivity contribution in [1.29, 1.82) is 0 Å². The fourth-order valence-corrected chi connectivity index (χ4v) is 4.96. The average Bonchev–Trinajstić information content (AvgIpc) is 3.13. The second kappa shape index (κ2) is 10.6. The van der Waals surface area contributed by atoms with Crippen LogP contribution in [0, 0.1) is 11.3 Å². The van der Waals surface area contributed by atoms with Crippen molar-refractivity contribution < 1.29 is 13.2 Å². The van der Waals surface area contributed by atoms with E-state index in [4.69, 9.17) is 4.99 Å². The molecule has 1 saturated heterocycles. The molecule has 2 aliphatic rings. The predicted octanol–water partition coefficient (Wildman–Crippen LogP) is 2.18. The number of guanidine groups is 1. The minimum Gasteiger partial charge on any atom is -0.357 e. The zero-order valence-corrected chi connectivity index (χ0v) is 19.5. The van der Waals surface area contributed by atoms with Gasteiger partial charge in [0.25, 0.3) is 0 Å². The molecule has 8 heteroatoms. The van der Waals surface area contributed by atoms with Gasteiger partial charge in [-0.3, -0.25) is 9.79 Å². The number of nitrogens with zero attached hydrogens (tertiary/aromatic N) is 2. The lowest BCUT2D eigenvalue weighted by molar-refractivity contribution is -0.135. The van der Waals surface area contributed by atoms with Gasteiger partial charge in [0.05, 0.1) is 5.75 Å². The van der Waals surface area contributed by atoms with Crippen molar-refractivity contribution in [3.63, 3.8) is 0 Å². The van der Waals surface area contributed by atoms with Crippen LogP contribution in [0.5, 0.6) is 0 Å². The Morgan fingerprint density at radius 2 is 1.86 bits per heavy atom. The molecule has 0 aromatic rings. The Morgan fingerprint density at radius 1 is 1.17 bits per heavy atom. The molecule has 1 aliphatic heterocycles. The van der Waals surface area contributed by atoms with Crippen LogP contribution in [0.15, 0.2) is 4.99 Å². The lowest BCUT2D eigenvalue weighted by Crippen LogP contribution is -2.46. The molecular formula is C21H40N4O3S. The third-order valence-corrected chi connectivity index (χ3v) is 6.90. The van der Waals surface area contributed by atoms with Gasteiger partial charge in [0.15, 0.2) is 5.96 Å². The molecular weight excluding hydrogens is 388 g/mol. The molecule has 0 spiro atoms. The molecule has 29 heavy (non-hydrogen) atoms. The molecule has 1 aliphatic carbocycles. The van der Waals surface area contributed by atoms with Crippen molar-refractivity contribution in [3.05, 3.63) is 0 Å². The van der Waals surface area contributed by atoms with Gasteiger partial charge in [-0.15, -0.1) is 0 Å². The summed E-state index contributed by atoms with van der Waals surface area (Å²) < 4.78 is 22.9. The Hall–Kier alpha value is -1.31. The fourth-order valence-electron chi connectivity index (χ4n) is 4.03. The highest BCUT2D eigenvalue weighted by molar-refractivity contribution is 7.90. The third kappa shape index (κ3) is 8.52. The zero-order chi connectivity index (χ0) is 21.5. The second-order valence-electron chi connectivity index (χ2n) is 9.49. The monoisotopic (exact) mass is 428 g/mol. The van der Waals surface area contributed by atoms with Gasteiger partial charge in [0.2, 0.25) is 5.91 Å². The fraction of sp³-hybridized carbons (Fsp3) is 0.905. The van der Waals surface area contributed by atoms with Crippen molar-refractivity contribution in [1.82, 2.24) is 15.5 Å². The lowest BCUT2D eigenvalue weighted by Gasteiger charge is -2.26. The topological polar surface area (TPSA) is 90.9 Å². The number of aliphatic imine (C=N–C) groups is 1. The number of carbonyl (C=O) groups is 1. The number of sulfone groups is 1. The van der Waals surface area contributed by atoms with Crippen LogP contribution in [0.2, 0.25) is 0 Å². The van der Waals surface area contributed by atoms with E-state index in [0.717, 1.165) is 44.9 Å². The first-order chi connectivity index (χ1) is 13.6. The SMILES string of the molecule is CCNC(=NCC(C)(C)CCS(C)(=O)=O)NC1CCN(C(=O)C2CCCCC2)C1. The van der Waals surface area contributed by atoms with Crippen LogP contribution < -0.4 is 10.6 Å². The molecule has 7 nitrogen and oxygen atoms in total. The largest absolute Gasteiger partial charge is 0.357 e. The Bertz CT molecular complexity index is 669. The van der Waals surface area contributed by atoms with Gasteiger partial charge in [0.1, 0.15) is 9.84 Å². The van der Waals surface area contributed by atoms with Crippen molar-refractivity contribution in [2.45, 2.75) is 71.8 Å². The maximum absolute atomic E-state index is 12.8. The van der Waals surface area contributed by atoms with E-state index in [2.05, 4.69) is 10.6 Å². The second-order valence-corrected chi connectivity index (χ2v) is 11.7. The summed E-state index contributed by atoms with van der Waals surface area (Å²) in [7, 11) is -2.97.